The van der Waals surface area contributed by atoms with E-state index in [1.165, 1.54) is 12.1 Å². The molecule has 1 atom stereocenters. The van der Waals surface area contributed by atoms with Crippen LogP contribution in [-0.4, -0.2) is 62.1 Å². The van der Waals surface area contributed by atoms with Crippen LogP contribution in [0.1, 0.15) is 24.4 Å². The highest BCUT2D eigenvalue weighted by atomic mass is 19.1. The minimum absolute atomic E-state index is 0.188. The largest absolute Gasteiger partial charge is 0.497 e. The van der Waals surface area contributed by atoms with Gasteiger partial charge in [-0.05, 0) is 61.3 Å². The normalized spacial score (nSPS) is 20.1. The predicted octanol–water partition coefficient (Wildman–Crippen LogP) is 3.32. The van der Waals surface area contributed by atoms with Gasteiger partial charge in [-0.1, -0.05) is 12.1 Å². The summed E-state index contributed by atoms with van der Waals surface area (Å²) in [6.07, 6.45) is 2.09. The number of carbonyl (C=O) groups is 1. The van der Waals surface area contributed by atoms with Crippen molar-refractivity contribution >= 4 is 11.6 Å². The van der Waals surface area contributed by atoms with E-state index < -0.39 is 0 Å². The zero-order valence-electron chi connectivity index (χ0n) is 16.9. The molecular formula is C23H28FN3O2. The lowest BCUT2D eigenvalue weighted by molar-refractivity contribution is -0.133. The third-order valence-electron chi connectivity index (χ3n) is 6.03. The summed E-state index contributed by atoms with van der Waals surface area (Å²) in [7, 11) is 1.67. The van der Waals surface area contributed by atoms with Crippen LogP contribution in [0.2, 0.25) is 0 Å². The van der Waals surface area contributed by atoms with Crippen molar-refractivity contribution in [1.82, 2.24) is 9.80 Å². The standard InChI is InChI=1S/C23H28FN3O2/c1-29-21-10-8-20(9-11-21)25-13-15-26(16-14-25)23(28)17-27-12-2-3-22(27)18-4-6-19(24)7-5-18/h4-11,22H,2-3,12-17H2,1H3. The van der Waals surface area contributed by atoms with Crippen molar-refractivity contribution in [2.24, 2.45) is 0 Å². The quantitative estimate of drug-likeness (QED) is 0.776. The second-order valence-electron chi connectivity index (χ2n) is 7.75. The summed E-state index contributed by atoms with van der Waals surface area (Å²) in [5.74, 6) is 0.821. The minimum atomic E-state index is -0.218. The lowest BCUT2D eigenvalue weighted by Crippen LogP contribution is -2.51. The molecular weight excluding hydrogens is 369 g/mol. The van der Waals surface area contributed by atoms with Gasteiger partial charge in [0.2, 0.25) is 5.91 Å². The number of halogens is 1. The van der Waals surface area contributed by atoms with E-state index in [1.807, 2.05) is 29.2 Å². The smallest absolute Gasteiger partial charge is 0.236 e. The average molecular weight is 397 g/mol. The number of likely N-dealkylation sites (tertiary alicyclic amines) is 1. The second kappa shape index (κ2) is 8.82. The summed E-state index contributed by atoms with van der Waals surface area (Å²) in [5.41, 5.74) is 2.26. The van der Waals surface area contributed by atoms with Crippen molar-refractivity contribution in [2.75, 3.05) is 51.3 Å². The molecule has 2 heterocycles. The Hall–Kier alpha value is -2.60. The van der Waals surface area contributed by atoms with Gasteiger partial charge in [0.1, 0.15) is 11.6 Å². The monoisotopic (exact) mass is 397 g/mol. The van der Waals surface area contributed by atoms with Crippen molar-refractivity contribution in [3.05, 3.63) is 59.9 Å². The highest BCUT2D eigenvalue weighted by Crippen LogP contribution is 2.31. The van der Waals surface area contributed by atoms with Crippen molar-refractivity contribution in [3.63, 3.8) is 0 Å². The molecule has 5 nitrogen and oxygen atoms in total. The van der Waals surface area contributed by atoms with Gasteiger partial charge in [-0.25, -0.2) is 4.39 Å². The van der Waals surface area contributed by atoms with Crippen molar-refractivity contribution < 1.29 is 13.9 Å². The summed E-state index contributed by atoms with van der Waals surface area (Å²) < 4.78 is 18.5. The molecule has 2 aromatic carbocycles. The molecule has 2 aliphatic heterocycles. The summed E-state index contributed by atoms with van der Waals surface area (Å²) in [5, 5.41) is 0. The van der Waals surface area contributed by atoms with Gasteiger partial charge in [0.25, 0.3) is 0 Å². The molecule has 154 valence electrons. The lowest BCUT2D eigenvalue weighted by atomic mass is 10.0. The lowest BCUT2D eigenvalue weighted by Gasteiger charge is -2.37. The van der Waals surface area contributed by atoms with Crippen LogP contribution in [0.5, 0.6) is 5.75 Å². The topological polar surface area (TPSA) is 36.0 Å². The number of rotatable bonds is 5. The van der Waals surface area contributed by atoms with Gasteiger partial charge in [-0.15, -0.1) is 0 Å². The first-order chi connectivity index (χ1) is 14.1. The van der Waals surface area contributed by atoms with Crippen LogP contribution in [0, 0.1) is 5.82 Å². The van der Waals surface area contributed by atoms with Gasteiger partial charge in [0.05, 0.1) is 13.7 Å². The van der Waals surface area contributed by atoms with E-state index in [1.54, 1.807) is 7.11 Å². The molecule has 2 aliphatic rings. The van der Waals surface area contributed by atoms with Crippen molar-refractivity contribution in [1.29, 1.82) is 0 Å². The fourth-order valence-corrected chi connectivity index (χ4v) is 4.36. The second-order valence-corrected chi connectivity index (χ2v) is 7.75. The van der Waals surface area contributed by atoms with Crippen LogP contribution in [-0.2, 0) is 4.79 Å². The van der Waals surface area contributed by atoms with Gasteiger partial charge in [-0.2, -0.15) is 0 Å². The number of ether oxygens (including phenoxy) is 1. The Balaban J connectivity index is 1.31. The molecule has 2 aromatic rings. The van der Waals surface area contributed by atoms with Gasteiger partial charge in [0.15, 0.2) is 0 Å². The zero-order valence-corrected chi connectivity index (χ0v) is 16.9. The molecule has 0 bridgehead atoms. The summed E-state index contributed by atoms with van der Waals surface area (Å²) >= 11 is 0. The first-order valence-electron chi connectivity index (χ1n) is 10.3. The van der Waals surface area contributed by atoms with E-state index in [4.69, 9.17) is 4.74 Å². The van der Waals surface area contributed by atoms with Crippen molar-refractivity contribution in [3.8, 4) is 5.75 Å². The highest BCUT2D eigenvalue weighted by molar-refractivity contribution is 5.78. The van der Waals surface area contributed by atoms with Crippen LogP contribution in [0.3, 0.4) is 0 Å². The van der Waals surface area contributed by atoms with Crippen LogP contribution in [0.25, 0.3) is 0 Å². The van der Waals surface area contributed by atoms with E-state index >= 15 is 0 Å². The molecule has 0 N–H and O–H groups in total. The molecule has 2 saturated heterocycles. The van der Waals surface area contributed by atoms with Crippen LogP contribution in [0.4, 0.5) is 10.1 Å². The molecule has 2 fully saturated rings. The molecule has 0 saturated carbocycles. The Labute approximate surface area is 171 Å². The Morgan fingerprint density at radius 2 is 1.69 bits per heavy atom. The molecule has 1 unspecified atom stereocenters. The molecule has 4 rings (SSSR count). The first-order valence-corrected chi connectivity index (χ1v) is 10.3. The number of anilines is 1. The maximum Gasteiger partial charge on any atom is 0.236 e. The number of benzene rings is 2. The fraction of sp³-hybridized carbons (Fsp3) is 0.435. The summed E-state index contributed by atoms with van der Waals surface area (Å²) in [6.45, 7) is 4.49. The third-order valence-corrected chi connectivity index (χ3v) is 6.03. The molecule has 0 radical (unpaired) electrons. The van der Waals surface area contributed by atoms with Crippen molar-refractivity contribution in [2.45, 2.75) is 18.9 Å². The average Bonchev–Trinajstić information content (AvgIpc) is 3.22. The van der Waals surface area contributed by atoms with Gasteiger partial charge in [0, 0.05) is 37.9 Å². The Kier molecular flexibility index (Phi) is 6.00. The maximum absolute atomic E-state index is 13.2. The first kappa shape index (κ1) is 19.7. The van der Waals surface area contributed by atoms with Gasteiger partial charge in [-0.3, -0.25) is 9.69 Å². The minimum Gasteiger partial charge on any atom is -0.497 e. The molecule has 29 heavy (non-hydrogen) atoms. The summed E-state index contributed by atoms with van der Waals surface area (Å²) in [6, 6.07) is 15.0. The molecule has 6 heteroatoms. The Morgan fingerprint density at radius 3 is 2.34 bits per heavy atom. The van der Waals surface area contributed by atoms with E-state index in [-0.39, 0.29) is 17.8 Å². The number of nitrogens with zero attached hydrogens (tertiary/aromatic N) is 3. The number of piperazine rings is 1. The van der Waals surface area contributed by atoms with E-state index in [2.05, 4.69) is 21.9 Å². The van der Waals surface area contributed by atoms with Gasteiger partial charge >= 0.3 is 0 Å². The van der Waals surface area contributed by atoms with E-state index in [0.29, 0.717) is 6.54 Å². The van der Waals surface area contributed by atoms with Crippen LogP contribution < -0.4 is 9.64 Å². The van der Waals surface area contributed by atoms with Crippen LogP contribution >= 0.6 is 0 Å². The highest BCUT2D eigenvalue weighted by Gasteiger charge is 2.30. The van der Waals surface area contributed by atoms with E-state index in [9.17, 15) is 9.18 Å². The number of hydrogen-bond acceptors (Lipinski definition) is 4. The Morgan fingerprint density at radius 1 is 1.00 bits per heavy atom. The fourth-order valence-electron chi connectivity index (χ4n) is 4.36. The maximum atomic E-state index is 13.2. The summed E-state index contributed by atoms with van der Waals surface area (Å²) in [4.78, 5) is 19.4. The van der Waals surface area contributed by atoms with Gasteiger partial charge < -0.3 is 14.5 Å². The number of hydrogen-bond donors (Lipinski definition) is 0. The molecule has 1 amide bonds. The molecule has 0 aromatic heterocycles. The molecule has 0 aliphatic carbocycles. The number of methoxy groups -OCH3 is 1. The number of amides is 1. The van der Waals surface area contributed by atoms with Crippen LogP contribution in [0.15, 0.2) is 48.5 Å². The molecule has 0 spiro atoms. The zero-order chi connectivity index (χ0) is 20.2. The van der Waals surface area contributed by atoms with E-state index in [0.717, 1.165) is 62.6 Å². The Bertz CT molecular complexity index is 817. The number of carbonyl (C=O) groups excluding carboxylic acids is 1. The third kappa shape index (κ3) is 4.53. The SMILES string of the molecule is COc1ccc(N2CCN(C(=O)CN3CCCC3c3ccc(F)cc3)CC2)cc1. The predicted molar refractivity (Wildman–Crippen MR) is 112 cm³/mol.